The molecule has 3 aliphatic heterocycles. The first-order valence-corrected chi connectivity index (χ1v) is 15.7. The van der Waals surface area contributed by atoms with Crippen molar-refractivity contribution in [1.82, 2.24) is 25.2 Å². The summed E-state index contributed by atoms with van der Waals surface area (Å²) in [5.74, 6) is -7.40. The van der Waals surface area contributed by atoms with E-state index in [1.165, 1.54) is 9.80 Å². The highest BCUT2D eigenvalue weighted by Crippen LogP contribution is 2.61. The van der Waals surface area contributed by atoms with E-state index in [0.29, 0.717) is 18.9 Å². The number of ether oxygens (including phenoxy) is 2. The Morgan fingerprint density at radius 3 is 2.37 bits per heavy atom. The SMILES string of the molecule is Cc1c(F)c(N)cc(-c2nc3c4c(nc(OCC5(CN(C)C)CC5(F)F)nc4c2F)N2C[C@H]4CC[C@H](N4)[C@H]2[C@H](C(F)(F)F)O3)c1C(F)(F)F.O=CO. The second kappa shape index (κ2) is 12.6. The van der Waals surface area contributed by atoms with Gasteiger partial charge in [-0.2, -0.15) is 36.3 Å². The van der Waals surface area contributed by atoms with Gasteiger partial charge in [-0.3, -0.25) is 4.79 Å². The van der Waals surface area contributed by atoms with Gasteiger partial charge in [-0.25, -0.2) is 22.5 Å². The molecular weight excluding hydrogens is 724 g/mol. The van der Waals surface area contributed by atoms with Crippen molar-refractivity contribution in [3.63, 3.8) is 0 Å². The van der Waals surface area contributed by atoms with E-state index >= 15 is 4.39 Å². The maximum absolute atomic E-state index is 16.7. The van der Waals surface area contributed by atoms with Gasteiger partial charge in [-0.15, -0.1) is 0 Å². The van der Waals surface area contributed by atoms with Crippen LogP contribution in [0.3, 0.4) is 0 Å². The Labute approximate surface area is 288 Å². The van der Waals surface area contributed by atoms with Crippen LogP contribution in [-0.2, 0) is 11.0 Å². The Balaban J connectivity index is 0.00000150. The van der Waals surface area contributed by atoms with Crippen LogP contribution >= 0.6 is 0 Å². The van der Waals surface area contributed by atoms with E-state index in [0.717, 1.165) is 6.92 Å². The van der Waals surface area contributed by atoms with E-state index in [1.807, 2.05) is 0 Å². The molecule has 21 heteroatoms. The lowest BCUT2D eigenvalue weighted by atomic mass is 9.96. The summed E-state index contributed by atoms with van der Waals surface area (Å²) in [6, 6.07) is -2.85. The molecule has 1 aromatic carbocycles. The third-order valence-electron chi connectivity index (χ3n) is 9.69. The fourth-order valence-corrected chi connectivity index (χ4v) is 7.47. The maximum Gasteiger partial charge on any atom is 0.427 e. The number of aromatic nitrogens is 3. The van der Waals surface area contributed by atoms with Gasteiger partial charge in [0.2, 0.25) is 12.0 Å². The largest absolute Gasteiger partial charge is 0.483 e. The van der Waals surface area contributed by atoms with E-state index < -0.39 is 117 Å². The van der Waals surface area contributed by atoms with Crippen LogP contribution in [0.1, 0.15) is 30.4 Å². The molecular formula is C31H31F10N7O4. The summed E-state index contributed by atoms with van der Waals surface area (Å²) in [4.78, 5) is 23.3. The van der Waals surface area contributed by atoms with Crippen LogP contribution in [0.25, 0.3) is 22.2 Å². The summed E-state index contributed by atoms with van der Waals surface area (Å²) < 4.78 is 159. The van der Waals surface area contributed by atoms with Crippen LogP contribution in [0, 0.1) is 24.0 Å². The van der Waals surface area contributed by atoms with Gasteiger partial charge in [0.15, 0.2) is 5.82 Å². The van der Waals surface area contributed by atoms with Crippen molar-refractivity contribution in [1.29, 1.82) is 0 Å². The molecule has 0 spiro atoms. The molecule has 1 saturated carbocycles. The molecule has 0 amide bonds. The molecule has 3 fully saturated rings. The Morgan fingerprint density at radius 1 is 1.13 bits per heavy atom. The molecule has 11 nitrogen and oxygen atoms in total. The van der Waals surface area contributed by atoms with Crippen LogP contribution in [0.5, 0.6) is 11.9 Å². The number of alkyl halides is 8. The first-order chi connectivity index (χ1) is 24.1. The number of carbonyl (C=O) groups is 1. The number of piperazine rings is 1. The zero-order valence-electron chi connectivity index (χ0n) is 27.5. The molecule has 2 saturated heterocycles. The van der Waals surface area contributed by atoms with E-state index in [1.54, 1.807) is 14.1 Å². The van der Waals surface area contributed by atoms with Crippen LogP contribution < -0.4 is 25.4 Å². The molecule has 1 aliphatic carbocycles. The van der Waals surface area contributed by atoms with Crippen LogP contribution in [0.2, 0.25) is 0 Å². The van der Waals surface area contributed by atoms with E-state index in [9.17, 15) is 39.5 Å². The minimum absolute atomic E-state index is 0.0694. The monoisotopic (exact) mass is 755 g/mol. The number of halogens is 10. The van der Waals surface area contributed by atoms with Crippen molar-refractivity contribution in [2.75, 3.05) is 44.4 Å². The zero-order chi connectivity index (χ0) is 38.3. The van der Waals surface area contributed by atoms with E-state index in [-0.39, 0.29) is 31.4 Å². The minimum atomic E-state index is -5.30. The summed E-state index contributed by atoms with van der Waals surface area (Å²) in [7, 11) is 3.13. The summed E-state index contributed by atoms with van der Waals surface area (Å²) in [6.45, 7) is -0.353. The highest BCUT2D eigenvalue weighted by Gasteiger charge is 2.71. The molecule has 0 radical (unpaired) electrons. The van der Waals surface area contributed by atoms with Crippen molar-refractivity contribution in [2.45, 2.75) is 68.7 Å². The third-order valence-corrected chi connectivity index (χ3v) is 9.69. The zero-order valence-corrected chi connectivity index (χ0v) is 27.5. The Morgan fingerprint density at radius 2 is 1.79 bits per heavy atom. The minimum Gasteiger partial charge on any atom is -0.483 e. The average molecular weight is 756 g/mol. The topological polar surface area (TPSA) is 139 Å². The van der Waals surface area contributed by atoms with Crippen molar-refractivity contribution in [2.24, 2.45) is 5.41 Å². The van der Waals surface area contributed by atoms with Crippen LogP contribution in [0.4, 0.5) is 55.4 Å². The molecule has 284 valence electrons. The number of nitrogens with one attached hydrogen (secondary N) is 1. The number of anilines is 2. The lowest BCUT2D eigenvalue weighted by Gasteiger charge is -2.43. The molecule has 2 aromatic heterocycles. The smallest absolute Gasteiger partial charge is 0.427 e. The number of hydrogen-bond donors (Lipinski definition) is 3. The summed E-state index contributed by atoms with van der Waals surface area (Å²) in [6.07, 6.45) is -12.8. The van der Waals surface area contributed by atoms with Gasteiger partial charge in [0.05, 0.1) is 22.7 Å². The summed E-state index contributed by atoms with van der Waals surface area (Å²) in [5, 5.41) is 9.51. The van der Waals surface area contributed by atoms with Gasteiger partial charge < -0.3 is 35.4 Å². The standard InChI is InChI=1S/C30H29F10N7O2.CH2O2/c1-11-17(29(35,36)37)13(6-14(41)18(11)31)20-19(32)21-16-24(45-26(44-21)48-10-27(9-46(2)3)8-28(27,33)34)47-7-12-4-5-15(42-12)22(47)23(30(38,39)40)49-25(16)43-20;2-1-3/h6,12,15,22-23,42H,4-5,7-10,41H2,1-3H3;1H,(H,2,3)/t12-,15+,22+,23-,27?;/m1./s1. The molecule has 5 heterocycles. The first kappa shape index (κ1) is 37.4. The number of benzene rings is 1. The summed E-state index contributed by atoms with van der Waals surface area (Å²) >= 11 is 0. The van der Waals surface area contributed by atoms with Gasteiger partial charge >= 0.3 is 18.4 Å². The molecule has 2 bridgehead atoms. The first-order valence-electron chi connectivity index (χ1n) is 15.7. The van der Waals surface area contributed by atoms with Gasteiger partial charge in [0.1, 0.15) is 34.8 Å². The highest BCUT2D eigenvalue weighted by molar-refractivity contribution is 5.97. The number of nitrogens with two attached hydrogens (primary N) is 1. The number of nitrogen functional groups attached to an aromatic ring is 1. The number of fused-ring (bicyclic) bond motifs is 5. The van der Waals surface area contributed by atoms with Crippen molar-refractivity contribution in [3.8, 4) is 23.1 Å². The van der Waals surface area contributed by atoms with Crippen molar-refractivity contribution >= 4 is 28.9 Å². The molecule has 3 aromatic rings. The fraction of sp³-hybridized carbons (Fsp3) is 0.548. The Bertz CT molecular complexity index is 1910. The lowest BCUT2D eigenvalue weighted by molar-refractivity contribution is -0.203. The molecule has 52 heavy (non-hydrogen) atoms. The predicted molar refractivity (Wildman–Crippen MR) is 163 cm³/mol. The second-order valence-electron chi connectivity index (χ2n) is 13.5. The van der Waals surface area contributed by atoms with Crippen molar-refractivity contribution < 1.29 is 63.3 Å². The molecule has 5 atom stereocenters. The summed E-state index contributed by atoms with van der Waals surface area (Å²) in [5.41, 5.74) is -2.66. The second-order valence-corrected chi connectivity index (χ2v) is 13.5. The number of rotatable bonds is 6. The van der Waals surface area contributed by atoms with Crippen LogP contribution in [-0.4, -0.2) is 102 Å². The normalized spacial score (nSPS) is 25.9. The highest BCUT2D eigenvalue weighted by atomic mass is 19.4. The Hall–Kier alpha value is -4.40. The van der Waals surface area contributed by atoms with Gasteiger partial charge in [0, 0.05) is 37.2 Å². The van der Waals surface area contributed by atoms with E-state index in [4.69, 9.17) is 25.1 Å². The van der Waals surface area contributed by atoms with Gasteiger partial charge in [0.25, 0.3) is 12.4 Å². The third kappa shape index (κ3) is 6.24. The lowest BCUT2D eigenvalue weighted by Crippen LogP contribution is -2.66. The number of pyridine rings is 1. The quantitative estimate of drug-likeness (QED) is 0.174. The molecule has 1 unspecified atom stereocenters. The van der Waals surface area contributed by atoms with Gasteiger partial charge in [-0.05, 0) is 45.5 Å². The van der Waals surface area contributed by atoms with Crippen LogP contribution in [0.15, 0.2) is 6.07 Å². The Kier molecular flexibility index (Phi) is 9.07. The average Bonchev–Trinajstić information content (AvgIpc) is 3.40. The van der Waals surface area contributed by atoms with E-state index in [2.05, 4.69) is 20.3 Å². The number of nitrogens with zero attached hydrogens (tertiary/aromatic N) is 5. The maximum atomic E-state index is 16.7. The molecule has 4 aliphatic rings. The molecule has 7 rings (SSSR count). The fourth-order valence-electron chi connectivity index (χ4n) is 7.47. The van der Waals surface area contributed by atoms with Crippen molar-refractivity contribution in [3.05, 3.63) is 28.8 Å². The number of carboxylic acid groups (broad SMARTS) is 1. The predicted octanol–water partition coefficient (Wildman–Crippen LogP) is 5.18. The number of hydrogen-bond acceptors (Lipinski definition) is 10. The van der Waals surface area contributed by atoms with Gasteiger partial charge in [-0.1, -0.05) is 0 Å². The molecule has 4 N–H and O–H groups in total.